The second-order valence-electron chi connectivity index (χ2n) is 5.72. The second kappa shape index (κ2) is 5.76. The third-order valence-electron chi connectivity index (χ3n) is 4.22. The van der Waals surface area contributed by atoms with E-state index in [4.69, 9.17) is 5.11 Å². The Labute approximate surface area is 134 Å². The summed E-state index contributed by atoms with van der Waals surface area (Å²) in [5, 5.41) is 11.7. The zero-order valence-corrected chi connectivity index (χ0v) is 13.1. The van der Waals surface area contributed by atoms with Crippen molar-refractivity contribution in [2.75, 3.05) is 5.32 Å². The van der Waals surface area contributed by atoms with Crippen LogP contribution in [0.2, 0.25) is 0 Å². The van der Waals surface area contributed by atoms with Gasteiger partial charge in [0.05, 0.1) is 5.57 Å². The molecule has 3 rings (SSSR count). The Hall–Kier alpha value is -2.82. The zero-order valence-electron chi connectivity index (χ0n) is 13.1. The van der Waals surface area contributed by atoms with Crippen molar-refractivity contribution < 1.29 is 14.7 Å². The number of fused-ring (bicyclic) bond motifs is 1. The molecule has 5 nitrogen and oxygen atoms in total. The molecule has 2 heterocycles. The monoisotopic (exact) mass is 312 g/mol. The van der Waals surface area contributed by atoms with Gasteiger partial charge < -0.3 is 15.4 Å². The molecule has 0 unspecified atom stereocenters. The van der Waals surface area contributed by atoms with Crippen molar-refractivity contribution in [3.63, 3.8) is 0 Å². The zero-order chi connectivity index (χ0) is 16.6. The molecule has 1 aromatic carbocycles. The number of aromatic amines is 1. The fraction of sp³-hybridized carbons (Fsp3) is 0.222. The van der Waals surface area contributed by atoms with Crippen molar-refractivity contribution in [1.82, 2.24) is 4.98 Å². The van der Waals surface area contributed by atoms with Gasteiger partial charge in [-0.3, -0.25) is 9.59 Å². The van der Waals surface area contributed by atoms with Crippen molar-refractivity contribution in [1.29, 1.82) is 0 Å². The Morgan fingerprint density at radius 3 is 2.78 bits per heavy atom. The minimum Gasteiger partial charge on any atom is -0.481 e. The first-order valence-corrected chi connectivity index (χ1v) is 7.49. The maximum Gasteiger partial charge on any atom is 0.303 e. The van der Waals surface area contributed by atoms with Gasteiger partial charge in [-0.25, -0.2) is 0 Å². The van der Waals surface area contributed by atoms with E-state index < -0.39 is 5.97 Å². The topological polar surface area (TPSA) is 82.2 Å². The number of rotatable bonds is 4. The second-order valence-corrected chi connectivity index (χ2v) is 5.72. The van der Waals surface area contributed by atoms with Crippen molar-refractivity contribution in [2.45, 2.75) is 26.7 Å². The number of hydrogen-bond acceptors (Lipinski definition) is 2. The number of anilines is 1. The van der Waals surface area contributed by atoms with E-state index in [9.17, 15) is 9.59 Å². The predicted octanol–water partition coefficient (Wildman–Crippen LogP) is 3.14. The number of amides is 1. The third kappa shape index (κ3) is 2.77. The van der Waals surface area contributed by atoms with E-state index in [0.29, 0.717) is 12.0 Å². The molecule has 1 amide bonds. The van der Waals surface area contributed by atoms with Gasteiger partial charge in [0.15, 0.2) is 0 Å². The SMILES string of the molecule is Cc1[nH]c(/C=C2/c3ccccc3N[14C]2=O)c(C)c1CCC(=O)O. The average Bonchev–Trinajstić information content (AvgIpc) is 2.95. The summed E-state index contributed by atoms with van der Waals surface area (Å²) in [5.41, 5.74) is 6.12. The molecule has 3 N–H and O–H groups in total. The molecule has 23 heavy (non-hydrogen) atoms. The molecule has 0 aliphatic carbocycles. The third-order valence-corrected chi connectivity index (χ3v) is 4.22. The summed E-state index contributed by atoms with van der Waals surface area (Å²) in [6.07, 6.45) is 2.42. The highest BCUT2D eigenvalue weighted by molar-refractivity contribution is 6.34. The minimum atomic E-state index is -0.811. The molecule has 0 atom stereocenters. The van der Waals surface area contributed by atoms with E-state index in [1.807, 2.05) is 44.2 Å². The molecule has 0 bridgehead atoms. The van der Waals surface area contributed by atoms with Gasteiger partial charge in [0.1, 0.15) is 0 Å². The van der Waals surface area contributed by atoms with Crippen LogP contribution in [0, 0.1) is 13.8 Å². The Kier molecular flexibility index (Phi) is 3.78. The summed E-state index contributed by atoms with van der Waals surface area (Å²) in [7, 11) is 0. The lowest BCUT2D eigenvalue weighted by atomic mass is 10.0. The molecule has 1 aliphatic rings. The highest BCUT2D eigenvalue weighted by Gasteiger charge is 2.24. The Balaban J connectivity index is 1.99. The first-order chi connectivity index (χ1) is 11.0. The van der Waals surface area contributed by atoms with E-state index in [-0.39, 0.29) is 12.3 Å². The molecular formula is C18H18N2O3. The van der Waals surface area contributed by atoms with Crippen LogP contribution >= 0.6 is 0 Å². The van der Waals surface area contributed by atoms with Crippen molar-refractivity contribution in [3.8, 4) is 0 Å². The molecule has 1 aliphatic heterocycles. The van der Waals surface area contributed by atoms with Crippen molar-refractivity contribution in [3.05, 3.63) is 52.3 Å². The number of aromatic nitrogens is 1. The molecule has 1 aromatic heterocycles. The van der Waals surface area contributed by atoms with Crippen LogP contribution in [0.1, 0.15) is 34.5 Å². The predicted molar refractivity (Wildman–Crippen MR) is 89.2 cm³/mol. The number of hydrogen-bond donors (Lipinski definition) is 3. The number of H-pyrrole nitrogens is 1. The Morgan fingerprint density at radius 2 is 2.04 bits per heavy atom. The van der Waals surface area contributed by atoms with Crippen LogP contribution in [0.15, 0.2) is 24.3 Å². The number of para-hydroxylation sites is 1. The summed E-state index contributed by atoms with van der Waals surface area (Å²) in [6.45, 7) is 3.88. The van der Waals surface area contributed by atoms with Gasteiger partial charge in [-0.2, -0.15) is 0 Å². The lowest BCUT2D eigenvalue weighted by Crippen LogP contribution is -2.03. The van der Waals surface area contributed by atoms with E-state index in [0.717, 1.165) is 33.8 Å². The number of carboxylic acids is 1. The molecule has 118 valence electrons. The molecule has 5 heteroatoms. The lowest BCUT2D eigenvalue weighted by molar-refractivity contribution is -0.137. The summed E-state index contributed by atoms with van der Waals surface area (Å²) in [4.78, 5) is 26.2. The molecule has 0 radical (unpaired) electrons. The average molecular weight is 312 g/mol. The van der Waals surface area contributed by atoms with Crippen LogP contribution in [0.25, 0.3) is 11.6 Å². The van der Waals surface area contributed by atoms with Crippen LogP contribution in [0.4, 0.5) is 5.69 Å². The minimum absolute atomic E-state index is 0.0961. The largest absolute Gasteiger partial charge is 0.481 e. The van der Waals surface area contributed by atoms with E-state index in [1.165, 1.54) is 0 Å². The number of aryl methyl sites for hydroxylation is 1. The standard InChI is InChI=1S/C18H18N2O3/c1-10-12(7-8-17(21)22)11(2)19-16(10)9-14-13-5-3-4-6-15(13)20-18(14)23/h3-6,9,19H,7-8H2,1-2H3,(H,20,23)(H,21,22)/b14-9-/i18+2. The van der Waals surface area contributed by atoms with Crippen LogP contribution < -0.4 is 5.32 Å². The normalized spacial score (nSPS) is 14.9. The molecule has 0 saturated heterocycles. The molecule has 2 aromatic rings. The van der Waals surface area contributed by atoms with Gasteiger partial charge in [-0.1, -0.05) is 18.2 Å². The van der Waals surface area contributed by atoms with Gasteiger partial charge >= 0.3 is 5.97 Å². The van der Waals surface area contributed by atoms with Crippen molar-refractivity contribution in [2.24, 2.45) is 0 Å². The maximum atomic E-state index is 12.2. The number of carboxylic acid groups (broad SMARTS) is 1. The number of benzene rings is 1. The fourth-order valence-electron chi connectivity index (χ4n) is 2.99. The summed E-state index contributed by atoms with van der Waals surface area (Å²) in [5.74, 6) is -0.932. The molecule has 0 saturated carbocycles. The van der Waals surface area contributed by atoms with Gasteiger partial charge in [-0.15, -0.1) is 0 Å². The number of carbonyl (C=O) groups is 2. The van der Waals surface area contributed by atoms with Gasteiger partial charge in [-0.05, 0) is 43.5 Å². The van der Waals surface area contributed by atoms with Gasteiger partial charge in [0.25, 0.3) is 5.91 Å². The lowest BCUT2D eigenvalue weighted by Gasteiger charge is -2.00. The summed E-state index contributed by atoms with van der Waals surface area (Å²) >= 11 is 0. The van der Waals surface area contributed by atoms with E-state index in [1.54, 1.807) is 0 Å². The first kappa shape index (κ1) is 15.1. The Bertz CT molecular complexity index is 831. The van der Waals surface area contributed by atoms with Gasteiger partial charge in [0.2, 0.25) is 0 Å². The maximum absolute atomic E-state index is 12.2. The highest BCUT2D eigenvalue weighted by Crippen LogP contribution is 2.33. The number of carbonyl (C=O) groups excluding carboxylic acids is 1. The molecule has 0 spiro atoms. The van der Waals surface area contributed by atoms with Crippen LogP contribution in [-0.2, 0) is 16.0 Å². The fourth-order valence-corrected chi connectivity index (χ4v) is 2.99. The highest BCUT2D eigenvalue weighted by atomic mass is 16.4. The quantitative estimate of drug-likeness (QED) is 0.759. The van der Waals surface area contributed by atoms with Crippen LogP contribution in [0.5, 0.6) is 0 Å². The van der Waals surface area contributed by atoms with Crippen LogP contribution in [-0.4, -0.2) is 22.0 Å². The number of aliphatic carboxylic acids is 1. The van der Waals surface area contributed by atoms with Crippen molar-refractivity contribution >= 4 is 29.2 Å². The van der Waals surface area contributed by atoms with Gasteiger partial charge in [0, 0.05) is 29.1 Å². The molecular weight excluding hydrogens is 294 g/mol. The smallest absolute Gasteiger partial charge is 0.303 e. The van der Waals surface area contributed by atoms with E-state index >= 15 is 0 Å². The summed E-state index contributed by atoms with van der Waals surface area (Å²) in [6, 6.07) is 7.57. The Morgan fingerprint density at radius 1 is 1.30 bits per heavy atom. The van der Waals surface area contributed by atoms with Crippen LogP contribution in [0.3, 0.4) is 0 Å². The number of nitrogens with one attached hydrogen (secondary N) is 2. The molecule has 0 fully saturated rings. The summed E-state index contributed by atoms with van der Waals surface area (Å²) < 4.78 is 0. The first-order valence-electron chi connectivity index (χ1n) is 7.49. The van der Waals surface area contributed by atoms with E-state index in [2.05, 4.69) is 10.3 Å².